The zero-order valence-corrected chi connectivity index (χ0v) is 7.91. The average Bonchev–Trinajstić information content (AvgIpc) is 2.42. The topological polar surface area (TPSA) is 169 Å². The van der Waals surface area contributed by atoms with Gasteiger partial charge in [-0.2, -0.15) is 8.42 Å². The SMILES string of the molecule is CC1CO1.N=C(N)N.NS(=O)(=O)O. The van der Waals surface area contributed by atoms with Crippen molar-refractivity contribution in [3.63, 3.8) is 0 Å². The van der Waals surface area contributed by atoms with Gasteiger partial charge in [-0.05, 0) is 6.92 Å². The summed E-state index contributed by atoms with van der Waals surface area (Å²) in [5, 5.41) is 9.94. The van der Waals surface area contributed by atoms with Gasteiger partial charge in [0.1, 0.15) is 0 Å². The number of hydrogen-bond acceptors (Lipinski definition) is 4. The van der Waals surface area contributed by atoms with E-state index in [2.05, 4.69) is 23.5 Å². The minimum Gasteiger partial charge on any atom is -0.373 e. The van der Waals surface area contributed by atoms with Gasteiger partial charge < -0.3 is 16.2 Å². The largest absolute Gasteiger partial charge is 0.373 e. The van der Waals surface area contributed by atoms with Crippen LogP contribution in [0, 0.1) is 5.41 Å². The predicted molar refractivity (Wildman–Crippen MR) is 47.3 cm³/mol. The van der Waals surface area contributed by atoms with Gasteiger partial charge in [0.2, 0.25) is 0 Å². The Hall–Kier alpha value is -0.900. The van der Waals surface area contributed by atoms with Crippen molar-refractivity contribution in [1.82, 2.24) is 0 Å². The molecule has 0 amide bonds. The molecule has 1 aliphatic heterocycles. The first-order chi connectivity index (χ1) is 5.63. The van der Waals surface area contributed by atoms with Gasteiger partial charge >= 0.3 is 10.3 Å². The first-order valence-electron chi connectivity index (χ1n) is 3.09. The fourth-order valence-electron chi connectivity index (χ4n) is 0.0962. The Kier molecular flexibility index (Phi) is 7.42. The molecule has 1 unspecified atom stereocenters. The summed E-state index contributed by atoms with van der Waals surface area (Å²) in [6.07, 6.45) is 0.583. The van der Waals surface area contributed by atoms with Gasteiger partial charge in [-0.25, -0.2) is 5.14 Å². The van der Waals surface area contributed by atoms with E-state index >= 15 is 0 Å². The molecule has 1 atom stereocenters. The molecule has 0 radical (unpaired) electrons. The Bertz CT molecular complexity index is 223. The molecule has 1 heterocycles. The van der Waals surface area contributed by atoms with Crippen molar-refractivity contribution in [2.24, 2.45) is 16.6 Å². The lowest BCUT2D eigenvalue weighted by Crippen LogP contribution is -2.20. The molecule has 0 aliphatic carbocycles. The number of epoxide rings is 1. The van der Waals surface area contributed by atoms with Crippen molar-refractivity contribution in [3.05, 3.63) is 0 Å². The van der Waals surface area contributed by atoms with Gasteiger partial charge in [-0.15, -0.1) is 0 Å². The molecule has 9 heteroatoms. The molecule has 0 aromatic carbocycles. The third-order valence-corrected chi connectivity index (χ3v) is 0.500. The van der Waals surface area contributed by atoms with E-state index < -0.39 is 10.3 Å². The summed E-state index contributed by atoms with van der Waals surface area (Å²) >= 11 is 0. The molecule has 13 heavy (non-hydrogen) atoms. The second kappa shape index (κ2) is 6.60. The van der Waals surface area contributed by atoms with E-state index in [0.29, 0.717) is 6.10 Å². The number of hydrogen-bond donors (Lipinski definition) is 5. The molecule has 0 aromatic heterocycles. The Labute approximate surface area is 76.4 Å². The van der Waals surface area contributed by atoms with Crippen LogP contribution < -0.4 is 16.6 Å². The van der Waals surface area contributed by atoms with Crippen LogP contribution in [0.2, 0.25) is 0 Å². The molecule has 0 saturated carbocycles. The molecule has 80 valence electrons. The van der Waals surface area contributed by atoms with Crippen molar-refractivity contribution in [3.8, 4) is 0 Å². The zero-order chi connectivity index (χ0) is 11.1. The molecule has 1 saturated heterocycles. The van der Waals surface area contributed by atoms with E-state index in [0.717, 1.165) is 6.61 Å². The van der Waals surface area contributed by atoms with E-state index in [1.54, 1.807) is 0 Å². The van der Waals surface area contributed by atoms with E-state index in [4.69, 9.17) is 23.1 Å². The smallest absolute Gasteiger partial charge is 0.330 e. The van der Waals surface area contributed by atoms with Crippen LogP contribution in [0.3, 0.4) is 0 Å². The van der Waals surface area contributed by atoms with Crippen LogP contribution in [0.15, 0.2) is 0 Å². The van der Waals surface area contributed by atoms with Gasteiger partial charge in [0.25, 0.3) is 0 Å². The van der Waals surface area contributed by atoms with Crippen LogP contribution in [-0.4, -0.2) is 31.6 Å². The normalized spacial score (nSPS) is 18.5. The molecule has 0 spiro atoms. The van der Waals surface area contributed by atoms with Crippen LogP contribution in [0.25, 0.3) is 0 Å². The third kappa shape index (κ3) is 208. The Morgan fingerprint density at radius 1 is 1.62 bits per heavy atom. The maximum absolute atomic E-state index is 8.97. The summed E-state index contributed by atoms with van der Waals surface area (Å²) in [7, 11) is -4.17. The fraction of sp³-hybridized carbons (Fsp3) is 0.750. The first kappa shape index (κ1) is 14.6. The van der Waals surface area contributed by atoms with Crippen molar-refractivity contribution in [1.29, 1.82) is 5.41 Å². The van der Waals surface area contributed by atoms with E-state index in [1.165, 1.54) is 0 Å². The fourth-order valence-corrected chi connectivity index (χ4v) is 0.0962. The summed E-state index contributed by atoms with van der Waals surface area (Å²) in [6.45, 7) is 3.04. The van der Waals surface area contributed by atoms with Crippen LogP contribution in [0.5, 0.6) is 0 Å². The lowest BCUT2D eigenvalue weighted by molar-refractivity contribution is 0.423. The standard InChI is InChI=1S/C3H6O.CH5N3.H3NO3S/c1-3-2-4-3;2-1(3)4;1-5(2,3)4/h3H,2H2,1H3;(H5,2,3,4);(H3,1,2,3,4). The van der Waals surface area contributed by atoms with Crippen molar-refractivity contribution in [2.75, 3.05) is 6.61 Å². The minimum atomic E-state index is -4.17. The molecule has 0 aromatic rings. The lowest BCUT2D eigenvalue weighted by Gasteiger charge is -1.70. The highest BCUT2D eigenvalue weighted by Crippen LogP contribution is 2.04. The summed E-state index contributed by atoms with van der Waals surface area (Å²) in [6, 6.07) is 0. The molecule has 8 N–H and O–H groups in total. The zero-order valence-electron chi connectivity index (χ0n) is 7.10. The highest BCUT2D eigenvalue weighted by Gasteiger charge is 2.13. The van der Waals surface area contributed by atoms with Gasteiger partial charge in [0.15, 0.2) is 5.96 Å². The monoisotopic (exact) mass is 214 g/mol. The lowest BCUT2D eigenvalue weighted by atomic mass is 10.6. The predicted octanol–water partition coefficient (Wildman–Crippen LogP) is -2.01. The van der Waals surface area contributed by atoms with Crippen molar-refractivity contribution in [2.45, 2.75) is 13.0 Å². The Morgan fingerprint density at radius 3 is 1.69 bits per heavy atom. The van der Waals surface area contributed by atoms with Gasteiger partial charge in [0.05, 0.1) is 12.7 Å². The van der Waals surface area contributed by atoms with Gasteiger partial charge in [0, 0.05) is 0 Å². The second-order valence-corrected chi connectivity index (χ2v) is 3.14. The number of guanidine groups is 1. The Morgan fingerprint density at radius 2 is 1.69 bits per heavy atom. The van der Waals surface area contributed by atoms with Crippen molar-refractivity contribution >= 4 is 16.3 Å². The summed E-state index contributed by atoms with van der Waals surface area (Å²) in [5.41, 5.74) is 8.94. The summed E-state index contributed by atoms with van der Waals surface area (Å²) in [4.78, 5) is 0. The van der Waals surface area contributed by atoms with Crippen LogP contribution in [-0.2, 0) is 15.0 Å². The second-order valence-electron chi connectivity index (χ2n) is 2.11. The van der Waals surface area contributed by atoms with Crippen LogP contribution >= 0.6 is 0 Å². The van der Waals surface area contributed by atoms with Crippen molar-refractivity contribution < 1.29 is 17.7 Å². The maximum atomic E-state index is 8.97. The number of rotatable bonds is 0. The summed E-state index contributed by atoms with van der Waals surface area (Å²) in [5.74, 6) is -0.333. The maximum Gasteiger partial charge on any atom is 0.330 e. The molecule has 1 rings (SSSR count). The van der Waals surface area contributed by atoms with Gasteiger partial charge in [-0.1, -0.05) is 0 Å². The molecule has 1 fully saturated rings. The minimum absolute atomic E-state index is 0.333. The highest BCUT2D eigenvalue weighted by atomic mass is 32.2. The van der Waals surface area contributed by atoms with Crippen LogP contribution in [0.1, 0.15) is 6.92 Å². The quantitative estimate of drug-likeness (QED) is 0.135. The van der Waals surface area contributed by atoms with Gasteiger partial charge in [-0.3, -0.25) is 9.96 Å². The molecule has 8 nitrogen and oxygen atoms in total. The molecular weight excluding hydrogens is 200 g/mol. The number of nitrogens with one attached hydrogen (secondary N) is 1. The molecular formula is C4H14N4O4S. The highest BCUT2D eigenvalue weighted by molar-refractivity contribution is 7.83. The molecule has 0 bridgehead atoms. The Balaban J connectivity index is 0. The van der Waals surface area contributed by atoms with Crippen LogP contribution in [0.4, 0.5) is 0 Å². The van der Waals surface area contributed by atoms with E-state index in [-0.39, 0.29) is 5.96 Å². The summed E-state index contributed by atoms with van der Waals surface area (Å²) < 4.78 is 29.9. The number of ether oxygens (including phenoxy) is 1. The average molecular weight is 214 g/mol. The van der Waals surface area contributed by atoms with E-state index in [9.17, 15) is 0 Å². The van der Waals surface area contributed by atoms with E-state index in [1.807, 2.05) is 0 Å². The third-order valence-electron chi connectivity index (χ3n) is 0.500. The molecule has 1 aliphatic rings. The number of nitrogens with two attached hydrogens (primary N) is 3. The first-order valence-corrected chi connectivity index (χ1v) is 4.59.